The largest absolute Gasteiger partial charge is 0.364 e. The minimum absolute atomic E-state index is 0.142. The molecule has 0 saturated carbocycles. The Morgan fingerprint density at radius 2 is 2.07 bits per heavy atom. The zero-order valence-corrected chi connectivity index (χ0v) is 17.0. The lowest BCUT2D eigenvalue weighted by atomic mass is 10.1. The van der Waals surface area contributed by atoms with E-state index >= 15 is 0 Å². The second-order valence-electron chi connectivity index (χ2n) is 7.71. The molecule has 3 N–H and O–H groups in total. The summed E-state index contributed by atoms with van der Waals surface area (Å²) < 4.78 is 2.18. The second-order valence-corrected chi connectivity index (χ2v) is 7.71. The SMILES string of the molecule is CN1CCn2c(C3=CCCC3)nc(C(N)=O)c2C1.CNC(=O)CCC(C)C. The third-order valence-corrected chi connectivity index (χ3v) is 4.99. The van der Waals surface area contributed by atoms with Crippen LogP contribution in [0.4, 0.5) is 0 Å². The summed E-state index contributed by atoms with van der Waals surface area (Å²) in [7, 11) is 3.72. The molecule has 0 saturated heterocycles. The third kappa shape index (κ3) is 5.66. The van der Waals surface area contributed by atoms with Crippen LogP contribution in [-0.4, -0.2) is 46.9 Å². The van der Waals surface area contributed by atoms with Crippen molar-refractivity contribution in [3.63, 3.8) is 0 Å². The Hall–Kier alpha value is -2.15. The minimum Gasteiger partial charge on any atom is -0.364 e. The quantitative estimate of drug-likeness (QED) is 0.825. The maximum atomic E-state index is 11.5. The summed E-state index contributed by atoms with van der Waals surface area (Å²) >= 11 is 0. The summed E-state index contributed by atoms with van der Waals surface area (Å²) in [6.07, 6.45) is 7.24. The van der Waals surface area contributed by atoms with Gasteiger partial charge in [0.2, 0.25) is 5.91 Å². The van der Waals surface area contributed by atoms with E-state index in [-0.39, 0.29) is 5.91 Å². The number of nitrogens with zero attached hydrogens (tertiary/aromatic N) is 3. The van der Waals surface area contributed by atoms with Gasteiger partial charge < -0.3 is 15.6 Å². The molecule has 0 bridgehead atoms. The second kappa shape index (κ2) is 9.69. The van der Waals surface area contributed by atoms with Gasteiger partial charge in [-0.2, -0.15) is 0 Å². The number of aromatic nitrogens is 2. The van der Waals surface area contributed by atoms with Crippen LogP contribution in [0.1, 0.15) is 68.0 Å². The molecule has 0 unspecified atom stereocenters. The summed E-state index contributed by atoms with van der Waals surface area (Å²) in [5, 5.41) is 2.58. The van der Waals surface area contributed by atoms with E-state index < -0.39 is 5.91 Å². The van der Waals surface area contributed by atoms with Crippen molar-refractivity contribution in [2.24, 2.45) is 11.7 Å². The first-order chi connectivity index (χ1) is 12.8. The van der Waals surface area contributed by atoms with Gasteiger partial charge in [-0.1, -0.05) is 19.9 Å². The standard InChI is InChI=1S/C13H18N4O.C7H15NO/c1-16-6-7-17-10(8-16)11(12(14)18)15-13(17)9-4-2-3-5-9;1-6(2)4-5-7(9)8-3/h4H,2-3,5-8H2,1H3,(H2,14,18);6H,4-5H2,1-3H3,(H,8,9). The van der Waals surface area contributed by atoms with Crippen molar-refractivity contribution in [3.05, 3.63) is 23.3 Å². The molecule has 27 heavy (non-hydrogen) atoms. The van der Waals surface area contributed by atoms with Gasteiger partial charge in [0, 0.05) is 33.1 Å². The van der Waals surface area contributed by atoms with E-state index in [1.807, 2.05) is 0 Å². The van der Waals surface area contributed by atoms with E-state index in [4.69, 9.17) is 5.73 Å². The number of fused-ring (bicyclic) bond motifs is 1. The normalized spacial score (nSPS) is 16.4. The monoisotopic (exact) mass is 375 g/mol. The number of imidazole rings is 1. The first-order valence-corrected chi connectivity index (χ1v) is 9.81. The van der Waals surface area contributed by atoms with E-state index in [9.17, 15) is 9.59 Å². The molecule has 1 aliphatic heterocycles. The van der Waals surface area contributed by atoms with Gasteiger partial charge in [-0.25, -0.2) is 4.98 Å². The minimum atomic E-state index is -0.418. The highest BCUT2D eigenvalue weighted by atomic mass is 16.1. The molecule has 0 radical (unpaired) electrons. The number of nitrogens with two attached hydrogens (primary N) is 1. The van der Waals surface area contributed by atoms with Crippen LogP contribution in [0.5, 0.6) is 0 Å². The Balaban J connectivity index is 0.000000249. The molecular weight excluding hydrogens is 342 g/mol. The molecule has 0 fully saturated rings. The molecule has 2 amide bonds. The number of rotatable bonds is 5. The van der Waals surface area contributed by atoms with Crippen molar-refractivity contribution in [2.45, 2.75) is 59.0 Å². The Labute approximate surface area is 162 Å². The van der Waals surface area contributed by atoms with Crippen LogP contribution >= 0.6 is 0 Å². The fraction of sp³-hybridized carbons (Fsp3) is 0.650. The van der Waals surface area contributed by atoms with Crippen LogP contribution in [0.3, 0.4) is 0 Å². The van der Waals surface area contributed by atoms with Crippen molar-refractivity contribution in [1.82, 2.24) is 19.8 Å². The van der Waals surface area contributed by atoms with Crippen molar-refractivity contribution in [3.8, 4) is 0 Å². The summed E-state index contributed by atoms with van der Waals surface area (Å²) in [6, 6.07) is 0. The molecule has 7 heteroatoms. The Kier molecular flexibility index (Phi) is 7.59. The van der Waals surface area contributed by atoms with Crippen LogP contribution < -0.4 is 11.1 Å². The molecule has 2 heterocycles. The van der Waals surface area contributed by atoms with E-state index in [2.05, 4.69) is 46.7 Å². The lowest BCUT2D eigenvalue weighted by Gasteiger charge is -2.25. The average molecular weight is 376 g/mol. The van der Waals surface area contributed by atoms with Crippen LogP contribution in [0.25, 0.3) is 5.57 Å². The number of hydrogen-bond donors (Lipinski definition) is 2. The topological polar surface area (TPSA) is 93.2 Å². The summed E-state index contributed by atoms with van der Waals surface area (Å²) in [4.78, 5) is 28.8. The highest BCUT2D eigenvalue weighted by Gasteiger charge is 2.26. The van der Waals surface area contributed by atoms with Gasteiger partial charge in [0.15, 0.2) is 5.69 Å². The molecule has 1 aromatic rings. The first kappa shape index (κ1) is 21.2. The van der Waals surface area contributed by atoms with E-state index in [1.54, 1.807) is 7.05 Å². The van der Waals surface area contributed by atoms with E-state index in [1.165, 1.54) is 12.0 Å². The third-order valence-electron chi connectivity index (χ3n) is 4.99. The summed E-state index contributed by atoms with van der Waals surface area (Å²) in [5.41, 5.74) is 8.13. The lowest BCUT2D eigenvalue weighted by Crippen LogP contribution is -2.32. The fourth-order valence-corrected chi connectivity index (χ4v) is 3.35. The summed E-state index contributed by atoms with van der Waals surface area (Å²) in [5.74, 6) is 1.31. The smallest absolute Gasteiger partial charge is 0.269 e. The molecule has 2 aliphatic rings. The number of hydrogen-bond acceptors (Lipinski definition) is 4. The van der Waals surface area contributed by atoms with Gasteiger partial charge in [-0.3, -0.25) is 14.5 Å². The van der Waals surface area contributed by atoms with E-state index in [0.29, 0.717) is 18.0 Å². The number of allylic oxidation sites excluding steroid dienone is 2. The highest BCUT2D eigenvalue weighted by Crippen LogP contribution is 2.30. The van der Waals surface area contributed by atoms with Crippen LogP contribution in [0.2, 0.25) is 0 Å². The number of nitrogens with one attached hydrogen (secondary N) is 1. The van der Waals surface area contributed by atoms with Crippen LogP contribution in [-0.2, 0) is 17.9 Å². The van der Waals surface area contributed by atoms with Crippen molar-refractivity contribution in [1.29, 1.82) is 0 Å². The van der Waals surface area contributed by atoms with Gasteiger partial charge in [-0.05, 0) is 44.2 Å². The predicted molar refractivity (Wildman–Crippen MR) is 107 cm³/mol. The summed E-state index contributed by atoms with van der Waals surface area (Å²) in [6.45, 7) is 6.85. The maximum absolute atomic E-state index is 11.5. The molecule has 0 aromatic carbocycles. The van der Waals surface area contributed by atoms with Crippen molar-refractivity contribution >= 4 is 17.4 Å². The zero-order valence-electron chi connectivity index (χ0n) is 17.0. The predicted octanol–water partition coefficient (Wildman–Crippen LogP) is 2.16. The average Bonchev–Trinajstić information content (AvgIpc) is 3.27. The van der Waals surface area contributed by atoms with Crippen LogP contribution in [0.15, 0.2) is 6.08 Å². The fourth-order valence-electron chi connectivity index (χ4n) is 3.35. The van der Waals surface area contributed by atoms with Gasteiger partial charge in [-0.15, -0.1) is 0 Å². The number of amides is 2. The lowest BCUT2D eigenvalue weighted by molar-refractivity contribution is -0.120. The van der Waals surface area contributed by atoms with Gasteiger partial charge >= 0.3 is 0 Å². The highest BCUT2D eigenvalue weighted by molar-refractivity contribution is 5.92. The molecule has 150 valence electrons. The molecule has 1 aromatic heterocycles. The number of likely N-dealkylation sites (N-methyl/N-ethyl adjacent to an activating group) is 1. The zero-order chi connectivity index (χ0) is 20.0. The first-order valence-electron chi connectivity index (χ1n) is 9.81. The van der Waals surface area contributed by atoms with Gasteiger partial charge in [0.05, 0.1) is 5.69 Å². The Morgan fingerprint density at radius 3 is 2.63 bits per heavy atom. The molecule has 1 aliphatic carbocycles. The Bertz CT molecular complexity index is 705. The molecule has 0 spiro atoms. The van der Waals surface area contributed by atoms with Gasteiger partial charge in [0.1, 0.15) is 5.82 Å². The molecular formula is C20H33N5O2. The Morgan fingerprint density at radius 1 is 1.33 bits per heavy atom. The number of carbonyl (C=O) groups is 2. The number of primary amides is 1. The number of carbonyl (C=O) groups excluding carboxylic acids is 2. The molecule has 7 nitrogen and oxygen atoms in total. The van der Waals surface area contributed by atoms with Crippen molar-refractivity contribution in [2.75, 3.05) is 20.6 Å². The maximum Gasteiger partial charge on any atom is 0.269 e. The molecule has 3 rings (SSSR count). The molecule has 0 atom stereocenters. The van der Waals surface area contributed by atoms with Gasteiger partial charge in [0.25, 0.3) is 5.91 Å². The van der Waals surface area contributed by atoms with E-state index in [0.717, 1.165) is 50.4 Å². The van der Waals surface area contributed by atoms with Crippen molar-refractivity contribution < 1.29 is 9.59 Å². The van der Waals surface area contributed by atoms with Crippen LogP contribution in [0, 0.1) is 5.92 Å².